The molecule has 0 aliphatic carbocycles. The van der Waals surface area contributed by atoms with Crippen LogP contribution in [0.4, 0.5) is 11.5 Å². The SMILES string of the molecule is CNc1ccc(-n2ccc(N3CCOCC3)n2)cc1. The number of benzene rings is 1. The van der Waals surface area contributed by atoms with Crippen molar-refractivity contribution in [3.05, 3.63) is 36.5 Å². The Morgan fingerprint density at radius 2 is 1.84 bits per heavy atom. The first kappa shape index (κ1) is 12.0. The second-order valence-electron chi connectivity index (χ2n) is 4.51. The average molecular weight is 258 g/mol. The number of nitrogens with one attached hydrogen (secondary N) is 1. The maximum atomic E-state index is 5.35. The number of morpholine rings is 1. The molecular weight excluding hydrogens is 240 g/mol. The summed E-state index contributed by atoms with van der Waals surface area (Å²) in [5.41, 5.74) is 2.17. The van der Waals surface area contributed by atoms with Crippen LogP contribution in [0, 0.1) is 0 Å². The number of anilines is 2. The van der Waals surface area contributed by atoms with E-state index in [9.17, 15) is 0 Å². The first-order chi connectivity index (χ1) is 9.36. The van der Waals surface area contributed by atoms with Crippen LogP contribution in [-0.4, -0.2) is 43.1 Å². The lowest BCUT2D eigenvalue weighted by molar-refractivity contribution is 0.122. The summed E-state index contributed by atoms with van der Waals surface area (Å²) in [5.74, 6) is 1.01. The fourth-order valence-corrected chi connectivity index (χ4v) is 2.20. The third-order valence-corrected chi connectivity index (χ3v) is 3.33. The Balaban J connectivity index is 1.79. The Morgan fingerprint density at radius 3 is 2.53 bits per heavy atom. The molecule has 2 aromatic rings. The molecule has 3 rings (SSSR count). The van der Waals surface area contributed by atoms with Gasteiger partial charge in [0.2, 0.25) is 0 Å². The largest absolute Gasteiger partial charge is 0.388 e. The highest BCUT2D eigenvalue weighted by molar-refractivity contribution is 5.49. The van der Waals surface area contributed by atoms with Gasteiger partial charge in [0, 0.05) is 38.1 Å². The van der Waals surface area contributed by atoms with E-state index in [-0.39, 0.29) is 0 Å². The number of ether oxygens (including phenoxy) is 1. The summed E-state index contributed by atoms with van der Waals surface area (Å²) >= 11 is 0. The minimum atomic E-state index is 0.781. The Bertz CT molecular complexity index is 529. The molecule has 0 amide bonds. The van der Waals surface area contributed by atoms with Gasteiger partial charge in [-0.05, 0) is 24.3 Å². The van der Waals surface area contributed by atoms with E-state index in [0.717, 1.165) is 43.5 Å². The van der Waals surface area contributed by atoms with Crippen LogP contribution in [-0.2, 0) is 4.74 Å². The molecule has 0 atom stereocenters. The van der Waals surface area contributed by atoms with E-state index in [0.29, 0.717) is 0 Å². The molecule has 5 heteroatoms. The average Bonchev–Trinajstić information content (AvgIpc) is 2.98. The quantitative estimate of drug-likeness (QED) is 0.911. The minimum absolute atomic E-state index is 0.781. The van der Waals surface area contributed by atoms with Gasteiger partial charge in [0.05, 0.1) is 18.9 Å². The first-order valence-electron chi connectivity index (χ1n) is 6.53. The summed E-state index contributed by atoms with van der Waals surface area (Å²) in [4.78, 5) is 2.25. The van der Waals surface area contributed by atoms with Gasteiger partial charge in [0.25, 0.3) is 0 Å². The van der Waals surface area contributed by atoms with Crippen LogP contribution in [0.15, 0.2) is 36.5 Å². The summed E-state index contributed by atoms with van der Waals surface area (Å²) < 4.78 is 7.26. The van der Waals surface area contributed by atoms with Crippen LogP contribution in [0.2, 0.25) is 0 Å². The van der Waals surface area contributed by atoms with Gasteiger partial charge >= 0.3 is 0 Å². The zero-order chi connectivity index (χ0) is 13.1. The molecule has 1 aromatic heterocycles. The molecule has 1 aliphatic heterocycles. The van der Waals surface area contributed by atoms with Gasteiger partial charge in [-0.3, -0.25) is 0 Å². The van der Waals surface area contributed by atoms with Crippen molar-refractivity contribution in [3.63, 3.8) is 0 Å². The van der Waals surface area contributed by atoms with E-state index in [1.165, 1.54) is 0 Å². The van der Waals surface area contributed by atoms with E-state index < -0.39 is 0 Å². The van der Waals surface area contributed by atoms with Crippen LogP contribution in [0.1, 0.15) is 0 Å². The number of rotatable bonds is 3. The lowest BCUT2D eigenvalue weighted by atomic mass is 10.3. The van der Waals surface area contributed by atoms with Gasteiger partial charge in [-0.2, -0.15) is 5.10 Å². The predicted molar refractivity (Wildman–Crippen MR) is 76.1 cm³/mol. The molecule has 5 nitrogen and oxygen atoms in total. The summed E-state index contributed by atoms with van der Waals surface area (Å²) in [6.45, 7) is 3.39. The molecule has 2 heterocycles. The molecule has 0 saturated carbocycles. The second kappa shape index (κ2) is 5.32. The highest BCUT2D eigenvalue weighted by Gasteiger charge is 2.13. The minimum Gasteiger partial charge on any atom is -0.388 e. The highest BCUT2D eigenvalue weighted by Crippen LogP contribution is 2.17. The Morgan fingerprint density at radius 1 is 1.11 bits per heavy atom. The molecule has 19 heavy (non-hydrogen) atoms. The van der Waals surface area contributed by atoms with Crippen molar-refractivity contribution < 1.29 is 4.74 Å². The van der Waals surface area contributed by atoms with Crippen molar-refractivity contribution in [1.82, 2.24) is 9.78 Å². The smallest absolute Gasteiger partial charge is 0.151 e. The first-order valence-corrected chi connectivity index (χ1v) is 6.53. The molecule has 0 radical (unpaired) electrons. The normalized spacial score (nSPS) is 15.5. The molecule has 1 aromatic carbocycles. The lowest BCUT2D eigenvalue weighted by Gasteiger charge is -2.26. The number of hydrogen-bond donors (Lipinski definition) is 1. The fraction of sp³-hybridized carbons (Fsp3) is 0.357. The molecule has 1 fully saturated rings. The summed E-state index contributed by atoms with van der Waals surface area (Å²) in [6.07, 6.45) is 2.00. The van der Waals surface area contributed by atoms with Gasteiger partial charge in [0.15, 0.2) is 5.82 Å². The molecule has 0 bridgehead atoms. The standard InChI is InChI=1S/C14H18N4O/c1-15-12-2-4-13(5-3-12)18-7-6-14(16-18)17-8-10-19-11-9-17/h2-7,15H,8-11H2,1H3. The molecule has 1 saturated heterocycles. The number of nitrogens with zero attached hydrogens (tertiary/aromatic N) is 3. The second-order valence-corrected chi connectivity index (χ2v) is 4.51. The zero-order valence-electron chi connectivity index (χ0n) is 11.0. The maximum absolute atomic E-state index is 5.35. The van der Waals surface area contributed by atoms with Crippen LogP contribution in [0.5, 0.6) is 0 Å². The Hall–Kier alpha value is -2.01. The third-order valence-electron chi connectivity index (χ3n) is 3.33. The van der Waals surface area contributed by atoms with Crippen molar-refractivity contribution in [3.8, 4) is 5.69 Å². The van der Waals surface area contributed by atoms with Crippen molar-refractivity contribution in [2.45, 2.75) is 0 Å². The maximum Gasteiger partial charge on any atom is 0.151 e. The van der Waals surface area contributed by atoms with Crippen LogP contribution >= 0.6 is 0 Å². The molecule has 0 spiro atoms. The van der Waals surface area contributed by atoms with E-state index in [4.69, 9.17) is 4.74 Å². The van der Waals surface area contributed by atoms with Crippen molar-refractivity contribution in [2.75, 3.05) is 43.6 Å². The van der Waals surface area contributed by atoms with Crippen molar-refractivity contribution >= 4 is 11.5 Å². The van der Waals surface area contributed by atoms with Crippen molar-refractivity contribution in [1.29, 1.82) is 0 Å². The van der Waals surface area contributed by atoms with E-state index in [1.54, 1.807) is 0 Å². The van der Waals surface area contributed by atoms with Gasteiger partial charge in [-0.15, -0.1) is 0 Å². The van der Waals surface area contributed by atoms with Crippen LogP contribution in [0.25, 0.3) is 5.69 Å². The summed E-state index contributed by atoms with van der Waals surface area (Å²) in [5, 5.41) is 7.74. The van der Waals surface area contributed by atoms with Crippen LogP contribution < -0.4 is 10.2 Å². The molecule has 100 valence electrons. The monoisotopic (exact) mass is 258 g/mol. The Kier molecular flexibility index (Phi) is 3.37. The Labute approximate surface area is 112 Å². The zero-order valence-corrected chi connectivity index (χ0v) is 11.0. The van der Waals surface area contributed by atoms with Gasteiger partial charge in [-0.25, -0.2) is 4.68 Å². The molecule has 0 unspecified atom stereocenters. The van der Waals surface area contributed by atoms with E-state index >= 15 is 0 Å². The summed E-state index contributed by atoms with van der Waals surface area (Å²) in [6, 6.07) is 10.3. The molecule has 1 N–H and O–H groups in total. The lowest BCUT2D eigenvalue weighted by Crippen LogP contribution is -2.36. The number of aromatic nitrogens is 2. The van der Waals surface area contributed by atoms with Crippen LogP contribution in [0.3, 0.4) is 0 Å². The van der Waals surface area contributed by atoms with E-state index in [1.807, 2.05) is 30.1 Å². The van der Waals surface area contributed by atoms with Crippen molar-refractivity contribution in [2.24, 2.45) is 0 Å². The summed E-state index contributed by atoms with van der Waals surface area (Å²) in [7, 11) is 1.92. The van der Waals surface area contributed by atoms with Gasteiger partial charge in [-0.1, -0.05) is 0 Å². The molecular formula is C14H18N4O. The third kappa shape index (κ3) is 2.56. The molecule has 1 aliphatic rings. The number of hydrogen-bond acceptors (Lipinski definition) is 4. The van der Waals surface area contributed by atoms with E-state index in [2.05, 4.69) is 33.5 Å². The highest BCUT2D eigenvalue weighted by atomic mass is 16.5. The van der Waals surface area contributed by atoms with Gasteiger partial charge in [0.1, 0.15) is 0 Å². The predicted octanol–water partition coefficient (Wildman–Crippen LogP) is 1.75. The topological polar surface area (TPSA) is 42.3 Å². The fourth-order valence-electron chi connectivity index (χ4n) is 2.20. The van der Waals surface area contributed by atoms with Gasteiger partial charge < -0.3 is 15.0 Å².